The molecule has 1 fully saturated rings. The Morgan fingerprint density at radius 2 is 1.69 bits per heavy atom. The maximum absolute atomic E-state index is 9.80. The second-order valence-corrected chi connectivity index (χ2v) is 8.27. The lowest BCUT2D eigenvalue weighted by atomic mass is 9.74. The number of halogens is 2. The first-order valence-corrected chi connectivity index (χ1v) is 10.3. The van der Waals surface area contributed by atoms with Crippen LogP contribution in [0, 0.1) is 17.2 Å². The highest BCUT2D eigenvalue weighted by Crippen LogP contribution is 2.46. The summed E-state index contributed by atoms with van der Waals surface area (Å²) in [6, 6.07) is 17.5. The number of rotatable bonds is 2. The van der Waals surface area contributed by atoms with Crippen molar-refractivity contribution in [2.24, 2.45) is 11.7 Å². The van der Waals surface area contributed by atoms with E-state index in [1.54, 1.807) is 0 Å². The maximum atomic E-state index is 9.80. The van der Waals surface area contributed by atoms with Crippen LogP contribution in [0.1, 0.15) is 30.9 Å². The van der Waals surface area contributed by atoms with Gasteiger partial charge in [-0.05, 0) is 65.3 Å². The third kappa shape index (κ3) is 3.79. The first-order chi connectivity index (χ1) is 14.0. The van der Waals surface area contributed by atoms with Crippen molar-refractivity contribution in [1.82, 2.24) is 0 Å². The molecule has 1 heterocycles. The molecule has 4 rings (SSSR count). The van der Waals surface area contributed by atoms with Gasteiger partial charge in [-0.3, -0.25) is 0 Å². The molecule has 2 N–H and O–H groups in total. The Morgan fingerprint density at radius 1 is 1.07 bits per heavy atom. The zero-order valence-corrected chi connectivity index (χ0v) is 17.5. The van der Waals surface area contributed by atoms with Crippen molar-refractivity contribution < 1.29 is 4.74 Å². The summed E-state index contributed by atoms with van der Waals surface area (Å²) in [6.07, 6.45) is 3.74. The lowest BCUT2D eigenvalue weighted by molar-refractivity contribution is 0.143. The van der Waals surface area contributed by atoms with Gasteiger partial charge in [-0.15, -0.1) is 0 Å². The largest absolute Gasteiger partial charge is 0.466 e. The SMILES string of the molecule is CC1CCC(=Cc2ccc(Cl)cc2)C2OC(N)=C(C#N)C(c3ccc(Cl)cc3)=C12. The Balaban J connectivity index is 1.87. The highest BCUT2D eigenvalue weighted by atomic mass is 35.5. The summed E-state index contributed by atoms with van der Waals surface area (Å²) < 4.78 is 6.10. The second-order valence-electron chi connectivity index (χ2n) is 7.40. The predicted molar refractivity (Wildman–Crippen MR) is 118 cm³/mol. The van der Waals surface area contributed by atoms with Gasteiger partial charge in [0.25, 0.3) is 0 Å². The Hall–Kier alpha value is -2.67. The summed E-state index contributed by atoms with van der Waals surface area (Å²) in [6.45, 7) is 2.18. The first-order valence-electron chi connectivity index (χ1n) is 9.51. The summed E-state index contributed by atoms with van der Waals surface area (Å²) >= 11 is 12.1. The Bertz CT molecular complexity index is 1070. The van der Waals surface area contributed by atoms with Crippen LogP contribution in [-0.2, 0) is 4.74 Å². The predicted octanol–water partition coefficient (Wildman–Crippen LogP) is 6.35. The molecule has 1 saturated carbocycles. The molecule has 0 bridgehead atoms. The van der Waals surface area contributed by atoms with E-state index >= 15 is 0 Å². The van der Waals surface area contributed by atoms with Crippen molar-refractivity contribution in [2.75, 3.05) is 0 Å². The minimum atomic E-state index is -0.280. The molecule has 1 aliphatic heterocycles. The molecular formula is C24H20Cl2N2O. The van der Waals surface area contributed by atoms with Gasteiger partial charge in [0.1, 0.15) is 17.7 Å². The molecule has 2 aromatic carbocycles. The van der Waals surface area contributed by atoms with Crippen LogP contribution in [0.4, 0.5) is 0 Å². The van der Waals surface area contributed by atoms with E-state index in [1.807, 2.05) is 48.5 Å². The molecular weight excluding hydrogens is 403 g/mol. The van der Waals surface area contributed by atoms with Crippen molar-refractivity contribution >= 4 is 34.9 Å². The number of nitrogens with zero attached hydrogens (tertiary/aromatic N) is 1. The topological polar surface area (TPSA) is 59.0 Å². The van der Waals surface area contributed by atoms with Crippen LogP contribution in [-0.4, -0.2) is 6.10 Å². The normalized spacial score (nSPS) is 22.9. The van der Waals surface area contributed by atoms with Gasteiger partial charge in [-0.25, -0.2) is 0 Å². The minimum absolute atomic E-state index is 0.169. The molecule has 2 atom stereocenters. The summed E-state index contributed by atoms with van der Waals surface area (Å²) in [5.41, 5.74) is 11.7. The average molecular weight is 423 g/mol. The number of allylic oxidation sites excluding steroid dienone is 2. The third-order valence-corrected chi connectivity index (χ3v) is 6.02. The fraction of sp³-hybridized carbons (Fsp3) is 0.208. The summed E-state index contributed by atoms with van der Waals surface area (Å²) in [5, 5.41) is 11.2. The molecule has 29 heavy (non-hydrogen) atoms. The van der Waals surface area contributed by atoms with E-state index in [0.717, 1.165) is 40.7 Å². The molecule has 1 aliphatic carbocycles. The van der Waals surface area contributed by atoms with Crippen molar-refractivity contribution in [3.8, 4) is 6.07 Å². The van der Waals surface area contributed by atoms with Gasteiger partial charge in [-0.2, -0.15) is 5.26 Å². The van der Waals surface area contributed by atoms with Gasteiger partial charge < -0.3 is 10.5 Å². The van der Waals surface area contributed by atoms with E-state index in [2.05, 4.69) is 19.1 Å². The Kier molecular flexibility index (Phi) is 5.41. The molecule has 0 amide bonds. The smallest absolute Gasteiger partial charge is 0.204 e. The third-order valence-electron chi connectivity index (χ3n) is 5.51. The van der Waals surface area contributed by atoms with Gasteiger partial charge in [0.05, 0.1) is 0 Å². The number of nitriles is 1. The lowest BCUT2D eigenvalue weighted by Crippen LogP contribution is -2.33. The molecule has 2 unspecified atom stereocenters. The molecule has 146 valence electrons. The molecule has 5 heteroatoms. The van der Waals surface area contributed by atoms with Crippen molar-refractivity contribution in [3.63, 3.8) is 0 Å². The number of fused-ring (bicyclic) bond motifs is 1. The second kappa shape index (κ2) is 7.99. The minimum Gasteiger partial charge on any atom is -0.466 e. The zero-order valence-electron chi connectivity index (χ0n) is 16.0. The molecule has 0 spiro atoms. The molecule has 0 saturated heterocycles. The number of hydrogen-bond acceptors (Lipinski definition) is 3. The van der Waals surface area contributed by atoms with E-state index in [0.29, 0.717) is 15.6 Å². The maximum Gasteiger partial charge on any atom is 0.204 e. The van der Waals surface area contributed by atoms with Crippen molar-refractivity contribution in [3.05, 3.63) is 92.3 Å². The quantitative estimate of drug-likeness (QED) is 0.612. The fourth-order valence-corrected chi connectivity index (χ4v) is 4.31. The fourth-order valence-electron chi connectivity index (χ4n) is 4.06. The van der Waals surface area contributed by atoms with E-state index in [9.17, 15) is 5.26 Å². The summed E-state index contributed by atoms with van der Waals surface area (Å²) in [5.74, 6) is 0.437. The molecule has 3 nitrogen and oxygen atoms in total. The van der Waals surface area contributed by atoms with Gasteiger partial charge >= 0.3 is 0 Å². The van der Waals surface area contributed by atoms with Gasteiger partial charge in [0, 0.05) is 15.6 Å². The highest BCUT2D eigenvalue weighted by Gasteiger charge is 2.38. The van der Waals surface area contributed by atoms with Crippen LogP contribution >= 0.6 is 23.2 Å². The zero-order chi connectivity index (χ0) is 20.5. The molecule has 2 aliphatic rings. The van der Waals surface area contributed by atoms with E-state index in [-0.39, 0.29) is 17.9 Å². The molecule has 2 aromatic rings. The van der Waals surface area contributed by atoms with Crippen LogP contribution in [0.5, 0.6) is 0 Å². The van der Waals surface area contributed by atoms with Crippen LogP contribution in [0.25, 0.3) is 11.6 Å². The van der Waals surface area contributed by atoms with E-state index < -0.39 is 0 Å². The van der Waals surface area contributed by atoms with Crippen molar-refractivity contribution in [1.29, 1.82) is 5.26 Å². The monoisotopic (exact) mass is 422 g/mol. The van der Waals surface area contributed by atoms with Crippen molar-refractivity contribution in [2.45, 2.75) is 25.9 Å². The van der Waals surface area contributed by atoms with E-state index in [1.165, 1.54) is 0 Å². The van der Waals surface area contributed by atoms with Crippen LogP contribution in [0.2, 0.25) is 10.0 Å². The van der Waals surface area contributed by atoms with Gasteiger partial charge in [0.2, 0.25) is 5.88 Å². The van der Waals surface area contributed by atoms with E-state index in [4.69, 9.17) is 33.7 Å². The average Bonchev–Trinajstić information content (AvgIpc) is 2.71. The highest BCUT2D eigenvalue weighted by molar-refractivity contribution is 6.30. The summed E-state index contributed by atoms with van der Waals surface area (Å²) in [7, 11) is 0. The van der Waals surface area contributed by atoms with Crippen LogP contribution in [0.15, 0.2) is 71.1 Å². The number of ether oxygens (including phenoxy) is 1. The number of benzene rings is 2. The van der Waals surface area contributed by atoms with Gasteiger partial charge in [0.15, 0.2) is 0 Å². The van der Waals surface area contributed by atoms with Gasteiger partial charge in [-0.1, -0.05) is 60.5 Å². The summed E-state index contributed by atoms with van der Waals surface area (Å²) in [4.78, 5) is 0. The van der Waals surface area contributed by atoms with Crippen LogP contribution < -0.4 is 5.73 Å². The lowest BCUT2D eigenvalue weighted by Gasteiger charge is -2.38. The Morgan fingerprint density at radius 3 is 2.31 bits per heavy atom. The Labute approximate surface area is 180 Å². The number of nitrogens with two attached hydrogens (primary N) is 1. The molecule has 0 aromatic heterocycles. The first kappa shape index (κ1) is 19.6. The molecule has 0 radical (unpaired) electrons. The standard InChI is InChI=1S/C24H20Cl2N2O/c1-14-2-5-17(12-15-3-8-18(25)9-4-15)23-21(14)22(20(13-27)24(28)29-23)16-6-10-19(26)11-7-16/h3-4,6-12,14,23H,2,5,28H2,1H3. The number of hydrogen-bond donors (Lipinski definition) is 1. The van der Waals surface area contributed by atoms with Crippen LogP contribution in [0.3, 0.4) is 0 Å².